The van der Waals surface area contributed by atoms with Crippen molar-refractivity contribution in [1.29, 1.82) is 0 Å². The lowest BCUT2D eigenvalue weighted by Crippen LogP contribution is -2.57. The van der Waals surface area contributed by atoms with E-state index >= 15 is 0 Å². The van der Waals surface area contributed by atoms with Gasteiger partial charge in [-0.1, -0.05) is 340 Å². The Kier molecular flexibility index (Phi) is 20.2. The summed E-state index contributed by atoms with van der Waals surface area (Å²) in [7, 11) is -2.35. The predicted molar refractivity (Wildman–Crippen MR) is 416 cm³/mol. The lowest BCUT2D eigenvalue weighted by Gasteiger charge is -2.58. The van der Waals surface area contributed by atoms with E-state index in [0.29, 0.717) is 0 Å². The smallest absolute Gasteiger partial charge is 0.303 e. The zero-order valence-electron chi connectivity index (χ0n) is 67.8. The van der Waals surface area contributed by atoms with Crippen molar-refractivity contribution in [1.82, 2.24) is 4.90 Å². The minimum atomic E-state index is -2.35. The van der Waals surface area contributed by atoms with Gasteiger partial charge in [0.25, 0.3) is 0 Å². The van der Waals surface area contributed by atoms with E-state index in [4.69, 9.17) is 13.6 Å². The van der Waals surface area contributed by atoms with Crippen molar-refractivity contribution in [2.24, 2.45) is 50.2 Å². The molecule has 6 aliphatic rings. The number of rotatable bonds is 3. The fourth-order valence-corrected chi connectivity index (χ4v) is 17.5. The van der Waals surface area contributed by atoms with Gasteiger partial charge in [-0.25, -0.2) is 0 Å². The quantitative estimate of drug-likeness (QED) is 0.245. The molecule has 6 unspecified atom stereocenters. The van der Waals surface area contributed by atoms with Crippen molar-refractivity contribution in [2.45, 2.75) is 318 Å². The Labute approximate surface area is 586 Å². The first-order chi connectivity index (χ1) is 42.5. The summed E-state index contributed by atoms with van der Waals surface area (Å²) in [6.07, 6.45) is 18.0. The maximum atomic E-state index is 9.13. The molecule has 95 heavy (non-hydrogen) atoms. The van der Waals surface area contributed by atoms with Crippen LogP contribution in [0.3, 0.4) is 0 Å². The Morgan fingerprint density at radius 1 is 0.284 bits per heavy atom. The highest BCUT2D eigenvalue weighted by Gasteiger charge is 2.61. The van der Waals surface area contributed by atoms with Crippen molar-refractivity contribution in [3.8, 4) is 0 Å². The summed E-state index contributed by atoms with van der Waals surface area (Å²) < 4.78 is 27.4. The van der Waals surface area contributed by atoms with Crippen LogP contribution in [0.5, 0.6) is 0 Å². The summed E-state index contributed by atoms with van der Waals surface area (Å²) in [6.45, 7) is 89.3. The zero-order valence-corrected chi connectivity index (χ0v) is 68.6. The highest BCUT2D eigenvalue weighted by Crippen LogP contribution is 2.69. The van der Waals surface area contributed by atoms with Crippen LogP contribution < -0.4 is 0 Å². The van der Waals surface area contributed by atoms with Gasteiger partial charge in [0.05, 0.1) is 0 Å². The molecule has 3 saturated heterocycles. The van der Waals surface area contributed by atoms with Crippen LogP contribution in [-0.4, -0.2) is 41.3 Å². The van der Waals surface area contributed by atoms with Gasteiger partial charge in [0.1, 0.15) is 16.8 Å². The minimum absolute atomic E-state index is 0.0969. The minimum Gasteiger partial charge on any atom is -0.303 e. The molecule has 5 heteroatoms. The molecule has 3 aliphatic carbocycles. The molecule has 9 rings (SSSR count). The van der Waals surface area contributed by atoms with E-state index in [2.05, 4.69) is 345 Å². The van der Waals surface area contributed by atoms with Crippen LogP contribution in [0.4, 0.5) is 0 Å². The fraction of sp³-hybridized carbons (Fsp3) is 0.667. The highest BCUT2D eigenvalue weighted by atomic mass is 31.2. The van der Waals surface area contributed by atoms with Crippen LogP contribution in [0.25, 0.3) is 16.7 Å². The first-order valence-corrected chi connectivity index (χ1v) is 38.0. The summed E-state index contributed by atoms with van der Waals surface area (Å²) in [6, 6.07) is 22.8. The Balaban J connectivity index is 1.63. The average molecular weight is 1310 g/mol. The van der Waals surface area contributed by atoms with E-state index in [1.807, 2.05) is 0 Å². The van der Waals surface area contributed by atoms with E-state index in [-0.39, 0.29) is 82.7 Å². The van der Waals surface area contributed by atoms with Gasteiger partial charge in [-0.15, -0.1) is 0 Å². The third-order valence-corrected chi connectivity index (χ3v) is 23.7. The molecule has 0 amide bonds. The summed E-state index contributed by atoms with van der Waals surface area (Å²) in [5.41, 5.74) is 14.6. The van der Waals surface area contributed by atoms with Crippen molar-refractivity contribution in [2.75, 3.05) is 19.6 Å². The van der Waals surface area contributed by atoms with Crippen LogP contribution in [0.1, 0.15) is 319 Å². The van der Waals surface area contributed by atoms with Crippen LogP contribution in [0.15, 0.2) is 108 Å². The largest absolute Gasteiger partial charge is 0.335 e. The molecule has 6 atom stereocenters. The maximum Gasteiger partial charge on any atom is 0.335 e. The van der Waals surface area contributed by atoms with E-state index < -0.39 is 25.4 Å². The van der Waals surface area contributed by atoms with E-state index in [1.54, 1.807) is 0 Å². The SMILES string of the molecule is CC(C)(C)C1=CC(C(C)(C)C)C2(CCN3CCC4(OP(O2)OC2(CC3)C(c3cc(C(C)(C)C)cc(C(C)(C)C)c3)=CC(C(C)(C)C)=CC2C(C)(C)C)C(c2cc(C(C)(C)C)cc(C(C)(C)C)c2)=CC(C(C)(C)C)=CC4C(C)(C)C)C(c2cc(C(C)(C)C)cc(C(C)(C)C)c2)=C1. The van der Waals surface area contributed by atoms with Gasteiger partial charge < -0.3 is 4.90 Å². The predicted octanol–water partition coefficient (Wildman–Crippen LogP) is 26.0. The third kappa shape index (κ3) is 16.1. The molecule has 0 aromatic heterocycles. The van der Waals surface area contributed by atoms with Crippen LogP contribution in [-0.2, 0) is 46.1 Å². The molecule has 0 radical (unpaired) electrons. The van der Waals surface area contributed by atoms with Crippen LogP contribution in [0, 0.1) is 50.2 Å². The first-order valence-electron chi connectivity index (χ1n) is 36.9. The molecule has 3 spiro atoms. The number of allylic oxidation sites excluding steroid dienone is 6. The number of hydrogen-bond donors (Lipinski definition) is 0. The molecule has 526 valence electrons. The number of hydrogen-bond acceptors (Lipinski definition) is 4. The second-order valence-electron chi connectivity index (χ2n) is 43.0. The zero-order chi connectivity index (χ0) is 72.0. The van der Waals surface area contributed by atoms with Crippen molar-refractivity contribution < 1.29 is 13.6 Å². The van der Waals surface area contributed by atoms with Gasteiger partial charge in [0, 0.05) is 37.4 Å². The molecule has 4 nitrogen and oxygen atoms in total. The second kappa shape index (κ2) is 24.9. The highest BCUT2D eigenvalue weighted by molar-refractivity contribution is 7.42. The van der Waals surface area contributed by atoms with Gasteiger partial charge in [-0.2, -0.15) is 0 Å². The Hall–Kier alpha value is -3.63. The molecule has 2 bridgehead atoms. The number of benzene rings is 3. The summed E-state index contributed by atoms with van der Waals surface area (Å²) in [4.78, 5) is 2.88. The van der Waals surface area contributed by atoms with E-state index in [0.717, 1.165) is 38.9 Å². The van der Waals surface area contributed by atoms with Crippen molar-refractivity contribution >= 4 is 25.3 Å². The molecule has 0 saturated carbocycles. The molecule has 3 aliphatic heterocycles. The molecule has 3 aromatic carbocycles. The summed E-state index contributed by atoms with van der Waals surface area (Å²) in [5.74, 6) is -0.291. The number of nitrogens with zero attached hydrogens (tertiary/aromatic N) is 1. The Morgan fingerprint density at radius 3 is 0.632 bits per heavy atom. The Morgan fingerprint density at radius 2 is 0.474 bits per heavy atom. The molecule has 3 fully saturated rings. The van der Waals surface area contributed by atoms with Crippen molar-refractivity contribution in [3.05, 3.63) is 158 Å². The summed E-state index contributed by atoms with van der Waals surface area (Å²) >= 11 is 0. The molecule has 3 aromatic rings. The lowest BCUT2D eigenvalue weighted by atomic mass is 9.59. The average Bonchev–Trinajstić information content (AvgIpc) is 0.714. The van der Waals surface area contributed by atoms with E-state index in [9.17, 15) is 0 Å². The van der Waals surface area contributed by atoms with Gasteiger partial charge in [-0.3, -0.25) is 13.6 Å². The van der Waals surface area contributed by atoms with Gasteiger partial charge in [0.15, 0.2) is 0 Å². The fourth-order valence-electron chi connectivity index (χ4n) is 15.7. The normalized spacial score (nSPS) is 27.0. The topological polar surface area (TPSA) is 30.9 Å². The lowest BCUT2D eigenvalue weighted by molar-refractivity contribution is -0.0868. The number of fused-ring (bicyclic) bond motifs is 3. The van der Waals surface area contributed by atoms with Gasteiger partial charge in [0.2, 0.25) is 0 Å². The maximum absolute atomic E-state index is 9.13. The monoisotopic (exact) mass is 1310 g/mol. The molecule has 3 heterocycles. The van der Waals surface area contributed by atoms with Crippen molar-refractivity contribution in [3.63, 3.8) is 0 Å². The van der Waals surface area contributed by atoms with Gasteiger partial charge >= 0.3 is 8.60 Å². The summed E-state index contributed by atoms with van der Waals surface area (Å²) in [5, 5.41) is 0. The molecule has 0 N–H and O–H groups in total. The van der Waals surface area contributed by atoms with E-state index in [1.165, 1.54) is 83.5 Å². The van der Waals surface area contributed by atoms with Gasteiger partial charge in [-0.05, 0) is 168 Å². The second-order valence-corrected chi connectivity index (χ2v) is 44.0. The van der Waals surface area contributed by atoms with Crippen LogP contribution >= 0.6 is 8.60 Å². The third-order valence-electron chi connectivity index (χ3n) is 22.2. The Bertz CT molecular complexity index is 3090. The molecular formula is C90H138NO3P. The van der Waals surface area contributed by atoms with Crippen LogP contribution in [0.2, 0.25) is 0 Å². The molecular weight excluding hydrogens is 1170 g/mol. The first kappa shape index (κ1) is 77.1. The standard InChI is InChI=1S/C90H138NO3P/c1-76(2,3)61-43-58(44-62(49-61)77(4,5)6)70-52-67(82(19,20)21)55-73(85(28,29)30)88(70)37-40-91-41-38-89(71(53-68(83(22,23)24)56-74(89)86(31,32)33)59-45-63(78(7,8)9)50-64(46-59)79(10,11)12)93-95(92-88)94-90(39-42-91)72(54-69(84(25,26)27)57-75(90)87(34,35)36)60-47-65(80(13,14)15)51-66(48-60)81(16,17)18/h43-57,73-75H,37-42H2,1-36H3.